The molecule has 2 aromatic heterocycles. The van der Waals surface area contributed by atoms with Crippen LogP contribution >= 0.6 is 0 Å². The summed E-state index contributed by atoms with van der Waals surface area (Å²) >= 11 is 0. The normalized spacial score (nSPS) is 12.1. The highest BCUT2D eigenvalue weighted by atomic mass is 28.2. The summed E-state index contributed by atoms with van der Waals surface area (Å²) in [5, 5.41) is 5.68. The zero-order chi connectivity index (χ0) is 15.6. The van der Waals surface area contributed by atoms with E-state index in [0.717, 1.165) is 16.1 Å². The number of pyridine rings is 1. The van der Waals surface area contributed by atoms with Gasteiger partial charge in [0.25, 0.3) is 0 Å². The number of halogens is 3. The first-order valence-corrected chi connectivity index (χ1v) is 8.07. The number of hydrogen-bond donors (Lipinski definition) is 0. The van der Waals surface area contributed by atoms with Gasteiger partial charge in [-0.3, -0.25) is 0 Å². The van der Waals surface area contributed by atoms with Crippen molar-refractivity contribution in [3.05, 3.63) is 66.5 Å². The van der Waals surface area contributed by atoms with Gasteiger partial charge in [-0.15, -0.1) is 0 Å². The van der Waals surface area contributed by atoms with E-state index in [2.05, 4.69) is 10.1 Å². The van der Waals surface area contributed by atoms with Crippen molar-refractivity contribution in [2.75, 3.05) is 0 Å². The summed E-state index contributed by atoms with van der Waals surface area (Å²) < 4.78 is 38.9. The van der Waals surface area contributed by atoms with Gasteiger partial charge in [0.1, 0.15) is 9.52 Å². The number of aromatic nitrogens is 3. The summed E-state index contributed by atoms with van der Waals surface area (Å²) in [5.74, 6) is 0.399. The van der Waals surface area contributed by atoms with Crippen LogP contribution < -0.4 is 10.5 Å². The molecule has 0 saturated carbocycles. The fourth-order valence-electron chi connectivity index (χ4n) is 2.10. The van der Waals surface area contributed by atoms with Gasteiger partial charge in [0.05, 0.1) is 0 Å². The van der Waals surface area contributed by atoms with E-state index in [0.29, 0.717) is 5.82 Å². The Morgan fingerprint density at radius 3 is 2.36 bits per heavy atom. The molecule has 0 radical (unpaired) electrons. The van der Waals surface area contributed by atoms with Crippen LogP contribution in [-0.2, 0) is 6.18 Å². The average molecular weight is 319 g/mol. The first-order valence-electron chi connectivity index (χ1n) is 6.65. The molecule has 3 nitrogen and oxygen atoms in total. The third-order valence-electron chi connectivity index (χ3n) is 3.13. The maximum absolute atomic E-state index is 12.6. The van der Waals surface area contributed by atoms with E-state index in [1.165, 1.54) is 11.4 Å². The van der Waals surface area contributed by atoms with Gasteiger partial charge in [-0.05, 0) is 18.2 Å². The first kappa shape index (κ1) is 14.5. The van der Waals surface area contributed by atoms with Crippen LogP contribution in [-0.4, -0.2) is 24.3 Å². The van der Waals surface area contributed by atoms with Crippen LogP contribution in [0.2, 0.25) is 0 Å². The molecule has 0 aliphatic carbocycles. The molecule has 3 aromatic rings. The highest BCUT2D eigenvalue weighted by Crippen LogP contribution is 2.27. The molecule has 0 aliphatic rings. The Morgan fingerprint density at radius 1 is 0.909 bits per heavy atom. The monoisotopic (exact) mass is 319 g/mol. The van der Waals surface area contributed by atoms with E-state index in [1.807, 2.05) is 36.4 Å². The van der Waals surface area contributed by atoms with Gasteiger partial charge in [0.2, 0.25) is 0 Å². The Hall–Kier alpha value is -2.41. The molecule has 0 unspecified atom stereocenters. The predicted octanol–water partition coefficient (Wildman–Crippen LogP) is 1.41. The molecular formula is C15H12F3N3Si. The molecule has 1 aromatic carbocycles. The fraction of sp³-hybridized carbons (Fsp3) is 0.0667. The Labute approximate surface area is 127 Å². The molecule has 7 heteroatoms. The topological polar surface area (TPSA) is 30.7 Å². The van der Waals surface area contributed by atoms with Gasteiger partial charge >= 0.3 is 6.18 Å². The first-order chi connectivity index (χ1) is 10.5. The third-order valence-corrected chi connectivity index (χ3v) is 4.77. The molecular weight excluding hydrogens is 307 g/mol. The van der Waals surface area contributed by atoms with Crippen molar-refractivity contribution in [2.24, 2.45) is 0 Å². The van der Waals surface area contributed by atoms with Crippen LogP contribution in [0.25, 0.3) is 5.82 Å². The molecule has 0 spiro atoms. The van der Waals surface area contributed by atoms with Crippen molar-refractivity contribution in [1.29, 1.82) is 0 Å². The standard InChI is InChI=1S/C15H12F3N3Si/c16-15(17,18)12-9-10-21(20-12)13-7-4-8-14(19-13)22-11-5-2-1-3-6-11/h1-10H,22H2. The van der Waals surface area contributed by atoms with Crippen molar-refractivity contribution in [1.82, 2.24) is 14.8 Å². The molecule has 0 bridgehead atoms. The smallest absolute Gasteiger partial charge is 0.239 e. The molecule has 2 heterocycles. The zero-order valence-corrected chi connectivity index (χ0v) is 12.9. The lowest BCUT2D eigenvalue weighted by Gasteiger charge is -2.05. The molecule has 0 amide bonds. The Bertz CT molecular complexity index is 769. The summed E-state index contributed by atoms with van der Waals surface area (Å²) in [6.07, 6.45) is -3.17. The molecule has 3 rings (SSSR count). The maximum atomic E-state index is 12.6. The van der Waals surface area contributed by atoms with Crippen LogP contribution in [0, 0.1) is 0 Å². The van der Waals surface area contributed by atoms with Gasteiger partial charge < -0.3 is 0 Å². The number of benzene rings is 1. The van der Waals surface area contributed by atoms with E-state index < -0.39 is 21.4 Å². The van der Waals surface area contributed by atoms with Gasteiger partial charge in [0, 0.05) is 11.5 Å². The molecule has 0 N–H and O–H groups in total. The van der Waals surface area contributed by atoms with Gasteiger partial charge in [-0.2, -0.15) is 18.3 Å². The number of hydrogen-bond acceptors (Lipinski definition) is 2. The number of alkyl halides is 3. The molecule has 0 atom stereocenters. The Kier molecular flexibility index (Phi) is 3.80. The molecule has 22 heavy (non-hydrogen) atoms. The molecule has 0 saturated heterocycles. The second-order valence-electron chi connectivity index (χ2n) is 4.79. The van der Waals surface area contributed by atoms with Crippen LogP contribution in [0.1, 0.15) is 5.69 Å². The van der Waals surface area contributed by atoms with Crippen molar-refractivity contribution < 1.29 is 13.2 Å². The third kappa shape index (κ3) is 3.25. The van der Waals surface area contributed by atoms with Crippen molar-refractivity contribution in [3.8, 4) is 5.82 Å². The van der Waals surface area contributed by atoms with E-state index in [9.17, 15) is 13.2 Å². The molecule has 0 aliphatic heterocycles. The van der Waals surface area contributed by atoms with Crippen molar-refractivity contribution >= 4 is 20.0 Å². The summed E-state index contributed by atoms with van der Waals surface area (Å²) in [6, 6.07) is 16.2. The fourth-order valence-corrected chi connectivity index (χ4v) is 3.52. The highest BCUT2D eigenvalue weighted by molar-refractivity contribution is 6.66. The lowest BCUT2D eigenvalue weighted by atomic mass is 10.4. The zero-order valence-electron chi connectivity index (χ0n) is 11.5. The number of nitrogens with zero attached hydrogens (tertiary/aromatic N) is 3. The van der Waals surface area contributed by atoms with Crippen LogP contribution in [0.5, 0.6) is 0 Å². The van der Waals surface area contributed by atoms with Crippen LogP contribution in [0.15, 0.2) is 60.8 Å². The predicted molar refractivity (Wildman–Crippen MR) is 80.6 cm³/mol. The average Bonchev–Trinajstić information content (AvgIpc) is 2.99. The van der Waals surface area contributed by atoms with Gasteiger partial charge in [-0.1, -0.05) is 41.6 Å². The summed E-state index contributed by atoms with van der Waals surface area (Å²) in [4.78, 5) is 4.43. The van der Waals surface area contributed by atoms with E-state index in [-0.39, 0.29) is 0 Å². The quantitative estimate of drug-likeness (QED) is 0.684. The maximum Gasteiger partial charge on any atom is 0.435 e. The molecule has 112 valence electrons. The molecule has 0 fully saturated rings. The lowest BCUT2D eigenvalue weighted by molar-refractivity contribution is -0.141. The summed E-state index contributed by atoms with van der Waals surface area (Å²) in [7, 11) is -0.755. The van der Waals surface area contributed by atoms with E-state index >= 15 is 0 Å². The van der Waals surface area contributed by atoms with Crippen molar-refractivity contribution in [3.63, 3.8) is 0 Å². The second kappa shape index (κ2) is 5.76. The van der Waals surface area contributed by atoms with E-state index in [1.54, 1.807) is 12.1 Å². The van der Waals surface area contributed by atoms with Gasteiger partial charge in [0.15, 0.2) is 11.5 Å². The lowest BCUT2D eigenvalue weighted by Crippen LogP contribution is -2.30. The minimum Gasteiger partial charge on any atom is -0.239 e. The number of rotatable bonds is 3. The Balaban J connectivity index is 1.86. The Morgan fingerprint density at radius 2 is 1.68 bits per heavy atom. The summed E-state index contributed by atoms with van der Waals surface area (Å²) in [6.45, 7) is 0. The van der Waals surface area contributed by atoms with Crippen LogP contribution in [0.4, 0.5) is 13.2 Å². The van der Waals surface area contributed by atoms with Crippen LogP contribution in [0.3, 0.4) is 0 Å². The van der Waals surface area contributed by atoms with E-state index in [4.69, 9.17) is 0 Å². The minimum absolute atomic E-state index is 0.399. The highest BCUT2D eigenvalue weighted by Gasteiger charge is 2.33. The largest absolute Gasteiger partial charge is 0.435 e. The second-order valence-corrected chi connectivity index (χ2v) is 6.69. The SMILES string of the molecule is FC(F)(F)c1ccn(-c2cccc([SiH2]c3ccccc3)n2)n1. The van der Waals surface area contributed by atoms with Gasteiger partial charge in [-0.25, -0.2) is 9.67 Å². The summed E-state index contributed by atoms with van der Waals surface area (Å²) in [5.41, 5.74) is -0.917. The minimum atomic E-state index is -4.44. The van der Waals surface area contributed by atoms with Crippen molar-refractivity contribution in [2.45, 2.75) is 6.18 Å².